The van der Waals surface area contributed by atoms with Crippen LogP contribution in [0.1, 0.15) is 5.56 Å². The standard InChI is InChI=1S/C15H15NO3/c1-11-2-6-13(7-3-11)19-14-8-4-12(5-9-14)16-10-15(17)18/h2-10,15,17-18H,1H3/b16-10+. The molecular weight excluding hydrogens is 242 g/mol. The molecule has 2 aromatic rings. The topological polar surface area (TPSA) is 62.0 Å². The second-order valence-electron chi connectivity index (χ2n) is 4.10. The molecule has 0 saturated carbocycles. The molecule has 0 radical (unpaired) electrons. The molecule has 0 atom stereocenters. The van der Waals surface area contributed by atoms with E-state index in [0.717, 1.165) is 12.0 Å². The zero-order chi connectivity index (χ0) is 13.7. The zero-order valence-electron chi connectivity index (χ0n) is 10.5. The van der Waals surface area contributed by atoms with Gasteiger partial charge in [0.2, 0.25) is 0 Å². The van der Waals surface area contributed by atoms with Gasteiger partial charge in [0, 0.05) is 0 Å². The number of nitrogens with zero attached hydrogens (tertiary/aromatic N) is 1. The summed E-state index contributed by atoms with van der Waals surface area (Å²) < 4.78 is 5.66. The summed E-state index contributed by atoms with van der Waals surface area (Å²) >= 11 is 0. The monoisotopic (exact) mass is 257 g/mol. The lowest BCUT2D eigenvalue weighted by Crippen LogP contribution is -2.04. The van der Waals surface area contributed by atoms with Gasteiger partial charge in [0.15, 0.2) is 6.29 Å². The molecule has 0 saturated heterocycles. The van der Waals surface area contributed by atoms with Gasteiger partial charge in [-0.05, 0) is 43.3 Å². The van der Waals surface area contributed by atoms with E-state index < -0.39 is 6.29 Å². The minimum Gasteiger partial charge on any atom is -0.457 e. The van der Waals surface area contributed by atoms with Crippen LogP contribution < -0.4 is 4.74 Å². The fourth-order valence-corrected chi connectivity index (χ4v) is 1.50. The summed E-state index contributed by atoms with van der Waals surface area (Å²) in [6, 6.07) is 14.8. The number of rotatable bonds is 4. The molecule has 19 heavy (non-hydrogen) atoms. The van der Waals surface area contributed by atoms with Gasteiger partial charge in [0.25, 0.3) is 0 Å². The van der Waals surface area contributed by atoms with Crippen LogP contribution in [0.15, 0.2) is 53.5 Å². The molecule has 0 fully saturated rings. The number of aliphatic hydroxyl groups is 2. The first-order chi connectivity index (χ1) is 9.13. The smallest absolute Gasteiger partial charge is 0.189 e. The van der Waals surface area contributed by atoms with Crippen LogP contribution in [-0.2, 0) is 0 Å². The minimum atomic E-state index is -1.54. The van der Waals surface area contributed by atoms with Crippen molar-refractivity contribution in [1.82, 2.24) is 0 Å². The number of ether oxygens (including phenoxy) is 1. The molecule has 0 amide bonds. The van der Waals surface area contributed by atoms with Crippen LogP contribution in [0.2, 0.25) is 0 Å². The van der Waals surface area contributed by atoms with Gasteiger partial charge >= 0.3 is 0 Å². The largest absolute Gasteiger partial charge is 0.457 e. The molecule has 2 rings (SSSR count). The molecule has 0 bridgehead atoms. The molecule has 0 spiro atoms. The SMILES string of the molecule is Cc1ccc(Oc2ccc(/N=C/C(O)O)cc2)cc1. The quantitative estimate of drug-likeness (QED) is 0.654. The van der Waals surface area contributed by atoms with Gasteiger partial charge < -0.3 is 14.9 Å². The molecule has 4 heteroatoms. The molecule has 0 aliphatic heterocycles. The summed E-state index contributed by atoms with van der Waals surface area (Å²) in [7, 11) is 0. The molecule has 0 heterocycles. The van der Waals surface area contributed by atoms with E-state index in [1.54, 1.807) is 24.3 Å². The molecule has 0 unspecified atom stereocenters. The summed E-state index contributed by atoms with van der Waals surface area (Å²) in [5.41, 5.74) is 1.81. The van der Waals surface area contributed by atoms with Crippen LogP contribution in [0, 0.1) is 6.92 Å². The highest BCUT2D eigenvalue weighted by Crippen LogP contribution is 2.24. The van der Waals surface area contributed by atoms with Crippen LogP contribution in [0.3, 0.4) is 0 Å². The van der Waals surface area contributed by atoms with Gasteiger partial charge in [0.05, 0.1) is 11.9 Å². The first-order valence-electron chi connectivity index (χ1n) is 5.88. The summed E-state index contributed by atoms with van der Waals surface area (Å²) in [4.78, 5) is 3.88. The Hall–Kier alpha value is -2.17. The second kappa shape index (κ2) is 6.13. The molecular formula is C15H15NO3. The first kappa shape index (κ1) is 13.3. The Balaban J connectivity index is 2.04. The Bertz CT molecular complexity index is 545. The zero-order valence-corrected chi connectivity index (χ0v) is 10.5. The highest BCUT2D eigenvalue weighted by molar-refractivity contribution is 5.65. The molecule has 2 aromatic carbocycles. The highest BCUT2D eigenvalue weighted by atomic mass is 16.5. The van der Waals surface area contributed by atoms with Crippen LogP contribution in [0.4, 0.5) is 5.69 Å². The van der Waals surface area contributed by atoms with E-state index in [1.807, 2.05) is 31.2 Å². The molecule has 2 N–H and O–H groups in total. The van der Waals surface area contributed by atoms with Crippen LogP contribution in [-0.4, -0.2) is 22.7 Å². The lowest BCUT2D eigenvalue weighted by Gasteiger charge is -2.06. The predicted molar refractivity (Wildman–Crippen MR) is 74.1 cm³/mol. The number of hydrogen-bond donors (Lipinski definition) is 2. The third kappa shape index (κ3) is 4.21. The molecule has 0 aromatic heterocycles. The van der Waals surface area contributed by atoms with E-state index in [9.17, 15) is 0 Å². The van der Waals surface area contributed by atoms with Crippen molar-refractivity contribution in [2.45, 2.75) is 13.2 Å². The summed E-state index contributed by atoms with van der Waals surface area (Å²) in [6.07, 6.45) is -0.487. The van der Waals surface area contributed by atoms with Crippen molar-refractivity contribution < 1.29 is 14.9 Å². The minimum absolute atomic E-state index is 0.629. The number of aliphatic hydroxyl groups excluding tert-OH is 1. The average Bonchev–Trinajstić information content (AvgIpc) is 2.40. The second-order valence-corrected chi connectivity index (χ2v) is 4.10. The lowest BCUT2D eigenvalue weighted by molar-refractivity contribution is 0.0239. The number of aliphatic imine (C=N–C) groups is 1. The van der Waals surface area contributed by atoms with Crippen LogP contribution in [0.25, 0.3) is 0 Å². The third-order valence-electron chi connectivity index (χ3n) is 2.45. The normalized spacial score (nSPS) is 11.2. The maximum absolute atomic E-state index is 8.67. The van der Waals surface area contributed by atoms with Crippen molar-refractivity contribution in [3.63, 3.8) is 0 Å². The van der Waals surface area contributed by atoms with Crippen molar-refractivity contribution in [2.24, 2.45) is 4.99 Å². The average molecular weight is 257 g/mol. The maximum Gasteiger partial charge on any atom is 0.189 e. The lowest BCUT2D eigenvalue weighted by atomic mass is 10.2. The van der Waals surface area contributed by atoms with E-state index in [-0.39, 0.29) is 0 Å². The van der Waals surface area contributed by atoms with Gasteiger partial charge in [-0.2, -0.15) is 0 Å². The number of hydrogen-bond acceptors (Lipinski definition) is 4. The fourth-order valence-electron chi connectivity index (χ4n) is 1.50. The van der Waals surface area contributed by atoms with Crippen molar-refractivity contribution in [2.75, 3.05) is 0 Å². The Morgan fingerprint density at radius 3 is 2.00 bits per heavy atom. The predicted octanol–water partition coefficient (Wildman–Crippen LogP) is 2.80. The number of aryl methyl sites for hydroxylation is 1. The fraction of sp³-hybridized carbons (Fsp3) is 0.133. The van der Waals surface area contributed by atoms with Gasteiger partial charge in [-0.1, -0.05) is 17.7 Å². The molecule has 0 aliphatic carbocycles. The molecule has 0 aliphatic rings. The van der Waals surface area contributed by atoms with Crippen molar-refractivity contribution in [3.8, 4) is 11.5 Å². The van der Waals surface area contributed by atoms with Crippen molar-refractivity contribution in [3.05, 3.63) is 54.1 Å². The van der Waals surface area contributed by atoms with E-state index in [0.29, 0.717) is 11.4 Å². The van der Waals surface area contributed by atoms with E-state index in [1.165, 1.54) is 5.56 Å². The van der Waals surface area contributed by atoms with E-state index >= 15 is 0 Å². The molecule has 4 nitrogen and oxygen atoms in total. The van der Waals surface area contributed by atoms with Crippen molar-refractivity contribution in [1.29, 1.82) is 0 Å². The van der Waals surface area contributed by atoms with Gasteiger partial charge in [-0.3, -0.25) is 4.99 Å². The Labute approximate surface area is 111 Å². The number of benzene rings is 2. The van der Waals surface area contributed by atoms with Gasteiger partial charge in [0.1, 0.15) is 11.5 Å². The van der Waals surface area contributed by atoms with Gasteiger partial charge in [-0.25, -0.2) is 0 Å². The Morgan fingerprint density at radius 1 is 0.947 bits per heavy atom. The maximum atomic E-state index is 8.67. The van der Waals surface area contributed by atoms with E-state index in [4.69, 9.17) is 14.9 Å². The summed E-state index contributed by atoms with van der Waals surface area (Å²) in [5.74, 6) is 1.47. The van der Waals surface area contributed by atoms with Crippen LogP contribution >= 0.6 is 0 Å². The van der Waals surface area contributed by atoms with Gasteiger partial charge in [-0.15, -0.1) is 0 Å². The summed E-state index contributed by atoms with van der Waals surface area (Å²) in [6.45, 7) is 2.02. The Morgan fingerprint density at radius 2 is 1.47 bits per heavy atom. The van der Waals surface area contributed by atoms with Crippen LogP contribution in [0.5, 0.6) is 11.5 Å². The third-order valence-corrected chi connectivity index (χ3v) is 2.45. The van der Waals surface area contributed by atoms with Crippen molar-refractivity contribution >= 4 is 11.9 Å². The summed E-state index contributed by atoms with van der Waals surface area (Å²) in [5, 5.41) is 17.3. The Kier molecular flexibility index (Phi) is 4.28. The highest BCUT2D eigenvalue weighted by Gasteiger charge is 1.97. The van der Waals surface area contributed by atoms with E-state index in [2.05, 4.69) is 4.99 Å². The first-order valence-corrected chi connectivity index (χ1v) is 5.88. The molecule has 98 valence electrons.